The number of phosphoric ester groups is 1. The van der Waals surface area contributed by atoms with Gasteiger partial charge in [-0.1, -0.05) is 179 Å². The van der Waals surface area contributed by atoms with Crippen LogP contribution in [0, 0.1) is 0 Å². The Morgan fingerprint density at radius 3 is 1.54 bits per heavy atom. The summed E-state index contributed by atoms with van der Waals surface area (Å²) in [6.07, 6.45) is 44.7. The quantitative estimate of drug-likeness (QED) is 0.0273. The molecule has 0 aliphatic heterocycles. The highest BCUT2D eigenvalue weighted by Gasteiger charge is 2.25. The Balaban J connectivity index is 4.00. The lowest BCUT2D eigenvalue weighted by molar-refractivity contribution is -0.154. The second kappa shape index (κ2) is 41.1. The van der Waals surface area contributed by atoms with Gasteiger partial charge in [0.25, 0.3) is 0 Å². The summed E-state index contributed by atoms with van der Waals surface area (Å²) in [7, 11) is -4.27. The molecular weight excluding hydrogens is 673 g/mol. The van der Waals surface area contributed by atoms with E-state index in [4.69, 9.17) is 24.3 Å². The zero-order valence-corrected chi connectivity index (χ0v) is 35.0. The van der Waals surface area contributed by atoms with Gasteiger partial charge in [0, 0.05) is 19.6 Å². The second-order valence-electron chi connectivity index (χ2n) is 14.6. The van der Waals surface area contributed by atoms with E-state index in [0.717, 1.165) is 38.5 Å². The first-order valence-electron chi connectivity index (χ1n) is 21.8. The van der Waals surface area contributed by atoms with Crippen LogP contribution < -0.4 is 5.73 Å². The smallest absolute Gasteiger partial charge is 0.457 e. The number of ether oxygens (including phenoxy) is 2. The van der Waals surface area contributed by atoms with Gasteiger partial charge in [-0.3, -0.25) is 13.8 Å². The van der Waals surface area contributed by atoms with Crippen molar-refractivity contribution < 1.29 is 32.8 Å². The minimum Gasteiger partial charge on any atom is -0.457 e. The maximum absolute atomic E-state index is 12.6. The van der Waals surface area contributed by atoms with Crippen molar-refractivity contribution in [3.63, 3.8) is 0 Å². The van der Waals surface area contributed by atoms with Crippen LogP contribution >= 0.6 is 7.82 Å². The fraction of sp³-hybridized carbons (Fsp3) is 0.884. The van der Waals surface area contributed by atoms with Crippen LogP contribution in [-0.2, 0) is 27.9 Å². The molecule has 0 saturated heterocycles. The Labute approximate surface area is 321 Å². The number of hydrogen-bond donors (Lipinski definition) is 2. The second-order valence-corrected chi connectivity index (χ2v) is 16.0. The minimum absolute atomic E-state index is 0.0942. The summed E-state index contributed by atoms with van der Waals surface area (Å²) in [6, 6.07) is 0. The van der Waals surface area contributed by atoms with Crippen molar-refractivity contribution in [3.05, 3.63) is 24.3 Å². The van der Waals surface area contributed by atoms with Crippen molar-refractivity contribution in [2.75, 3.05) is 33.0 Å². The lowest BCUT2D eigenvalue weighted by Gasteiger charge is -2.20. The maximum atomic E-state index is 12.6. The summed E-state index contributed by atoms with van der Waals surface area (Å²) >= 11 is 0. The molecule has 0 aromatic rings. The number of nitrogens with two attached hydrogens (primary N) is 1. The van der Waals surface area contributed by atoms with Gasteiger partial charge in [0.05, 0.1) is 19.8 Å². The van der Waals surface area contributed by atoms with E-state index < -0.39 is 13.9 Å². The zero-order chi connectivity index (χ0) is 38.1. The number of carbonyl (C=O) groups is 1. The van der Waals surface area contributed by atoms with E-state index in [2.05, 4.69) is 38.2 Å². The molecule has 0 radical (unpaired) electrons. The summed E-state index contributed by atoms with van der Waals surface area (Å²) in [4.78, 5) is 22.5. The highest BCUT2D eigenvalue weighted by Crippen LogP contribution is 2.43. The number of hydrogen-bond acceptors (Lipinski definition) is 7. The number of carbonyl (C=O) groups excluding carboxylic acids is 1. The molecule has 0 bridgehead atoms. The summed E-state index contributed by atoms with van der Waals surface area (Å²) in [5.74, 6) is -0.332. The SMILES string of the molecule is CCCCC/C=C\C/C=C\CCCCCCCCCCCC(=O)OC(COCCCCCCCCCCCCCCCC)COP(=O)(O)OCCN. The molecule has 0 rings (SSSR count). The van der Waals surface area contributed by atoms with Crippen LogP contribution in [0.1, 0.15) is 206 Å². The van der Waals surface area contributed by atoms with E-state index in [1.165, 1.54) is 148 Å². The molecule has 52 heavy (non-hydrogen) atoms. The molecule has 0 saturated carbocycles. The van der Waals surface area contributed by atoms with Crippen LogP contribution in [0.2, 0.25) is 0 Å². The van der Waals surface area contributed by atoms with E-state index >= 15 is 0 Å². The summed E-state index contributed by atoms with van der Waals surface area (Å²) in [6.45, 7) is 4.92. The average Bonchev–Trinajstić information content (AvgIpc) is 3.13. The number of unbranched alkanes of at least 4 members (excludes halogenated alkanes) is 25. The van der Waals surface area contributed by atoms with Crippen molar-refractivity contribution in [2.45, 2.75) is 213 Å². The van der Waals surface area contributed by atoms with Crippen LogP contribution in [0.4, 0.5) is 0 Å². The van der Waals surface area contributed by atoms with Crippen molar-refractivity contribution in [1.82, 2.24) is 0 Å². The Morgan fingerprint density at radius 1 is 0.577 bits per heavy atom. The number of phosphoric acid groups is 1. The molecule has 2 unspecified atom stereocenters. The van der Waals surface area contributed by atoms with Gasteiger partial charge in [0.15, 0.2) is 0 Å². The third kappa shape index (κ3) is 40.2. The summed E-state index contributed by atoms with van der Waals surface area (Å²) in [5, 5.41) is 0. The largest absolute Gasteiger partial charge is 0.472 e. The van der Waals surface area contributed by atoms with Crippen LogP contribution in [0.5, 0.6) is 0 Å². The first-order valence-corrected chi connectivity index (χ1v) is 23.3. The Bertz CT molecular complexity index is 853. The van der Waals surface area contributed by atoms with Gasteiger partial charge in [-0.2, -0.15) is 0 Å². The third-order valence-corrected chi connectivity index (χ3v) is 10.4. The van der Waals surface area contributed by atoms with Gasteiger partial charge in [-0.15, -0.1) is 0 Å². The molecule has 0 aromatic carbocycles. The van der Waals surface area contributed by atoms with E-state index in [9.17, 15) is 14.3 Å². The first-order chi connectivity index (χ1) is 25.4. The Kier molecular flexibility index (Phi) is 40.3. The maximum Gasteiger partial charge on any atom is 0.472 e. The van der Waals surface area contributed by atoms with Crippen LogP contribution in [-0.4, -0.2) is 49.9 Å². The van der Waals surface area contributed by atoms with Crippen LogP contribution in [0.15, 0.2) is 24.3 Å². The monoisotopic (exact) mass is 758 g/mol. The number of rotatable bonds is 42. The van der Waals surface area contributed by atoms with E-state index in [1.54, 1.807) is 0 Å². The molecule has 0 aliphatic carbocycles. The summed E-state index contributed by atoms with van der Waals surface area (Å²) in [5.41, 5.74) is 5.37. The molecular formula is C43H84NO7P. The van der Waals surface area contributed by atoms with E-state index in [1.807, 2.05) is 0 Å². The molecule has 0 aliphatic rings. The van der Waals surface area contributed by atoms with Gasteiger partial charge in [0.1, 0.15) is 6.10 Å². The van der Waals surface area contributed by atoms with Gasteiger partial charge in [0.2, 0.25) is 0 Å². The molecule has 0 heterocycles. The van der Waals surface area contributed by atoms with Crippen LogP contribution in [0.25, 0.3) is 0 Å². The van der Waals surface area contributed by atoms with Crippen molar-refractivity contribution in [3.8, 4) is 0 Å². The average molecular weight is 758 g/mol. The van der Waals surface area contributed by atoms with E-state index in [-0.39, 0.29) is 32.3 Å². The van der Waals surface area contributed by atoms with Crippen molar-refractivity contribution >= 4 is 13.8 Å². The summed E-state index contributed by atoms with van der Waals surface area (Å²) < 4.78 is 33.4. The predicted octanol–water partition coefficient (Wildman–Crippen LogP) is 12.9. The van der Waals surface area contributed by atoms with Gasteiger partial charge in [-0.25, -0.2) is 4.57 Å². The molecule has 9 heteroatoms. The number of allylic oxidation sites excluding steroid dienone is 4. The molecule has 2 atom stereocenters. The minimum atomic E-state index is -4.27. The number of esters is 1. The van der Waals surface area contributed by atoms with Gasteiger partial charge in [-0.05, 0) is 44.9 Å². The van der Waals surface area contributed by atoms with Gasteiger partial charge >= 0.3 is 13.8 Å². The molecule has 0 aromatic heterocycles. The standard InChI is InChI=1S/C43H84NO7P/c1-3-5-7-9-11-13-15-17-19-20-21-22-23-24-26-28-30-32-34-36-43(45)51-42(41-50-52(46,47)49-39-37-44)40-48-38-35-33-31-29-27-25-18-16-14-12-10-8-6-4-2/h11,13,17,19,42H,3-10,12,14-16,18,20-41,44H2,1-2H3,(H,46,47)/b13-11-,19-17-. The van der Waals surface area contributed by atoms with Crippen molar-refractivity contribution in [1.29, 1.82) is 0 Å². The van der Waals surface area contributed by atoms with E-state index in [0.29, 0.717) is 13.0 Å². The predicted molar refractivity (Wildman–Crippen MR) is 220 cm³/mol. The fourth-order valence-electron chi connectivity index (χ4n) is 6.14. The zero-order valence-electron chi connectivity index (χ0n) is 34.1. The van der Waals surface area contributed by atoms with Crippen LogP contribution in [0.3, 0.4) is 0 Å². The molecule has 0 fully saturated rings. The molecule has 8 nitrogen and oxygen atoms in total. The lowest BCUT2D eigenvalue weighted by Crippen LogP contribution is -2.28. The highest BCUT2D eigenvalue weighted by molar-refractivity contribution is 7.47. The Morgan fingerprint density at radius 2 is 1.02 bits per heavy atom. The molecule has 308 valence electrons. The normalized spacial score (nSPS) is 13.7. The third-order valence-electron chi connectivity index (χ3n) is 9.37. The molecule has 3 N–H and O–H groups in total. The first kappa shape index (κ1) is 51.0. The highest BCUT2D eigenvalue weighted by atomic mass is 31.2. The van der Waals surface area contributed by atoms with Crippen molar-refractivity contribution in [2.24, 2.45) is 5.73 Å². The Hall–Kier alpha value is -1.02. The fourth-order valence-corrected chi connectivity index (χ4v) is 6.91. The lowest BCUT2D eigenvalue weighted by atomic mass is 10.0. The van der Waals surface area contributed by atoms with Gasteiger partial charge < -0.3 is 20.1 Å². The topological polar surface area (TPSA) is 117 Å². The molecule has 0 spiro atoms. The molecule has 0 amide bonds.